The molecule has 2 aromatic rings. The van der Waals surface area contributed by atoms with Crippen molar-refractivity contribution in [2.24, 2.45) is 0 Å². The van der Waals surface area contributed by atoms with E-state index in [4.69, 9.17) is 9.47 Å². The maximum atomic E-state index is 12.5. The minimum Gasteiger partial charge on any atom is -0.493 e. The van der Waals surface area contributed by atoms with E-state index < -0.39 is 10.0 Å². The molecule has 0 unspecified atom stereocenters. The van der Waals surface area contributed by atoms with E-state index in [0.29, 0.717) is 18.0 Å². The number of amides is 1. The van der Waals surface area contributed by atoms with Crippen molar-refractivity contribution in [2.75, 3.05) is 32.2 Å². The Balaban J connectivity index is 2.15. The van der Waals surface area contributed by atoms with Gasteiger partial charge in [-0.25, -0.2) is 13.1 Å². The van der Waals surface area contributed by atoms with Crippen LogP contribution in [0.25, 0.3) is 0 Å². The van der Waals surface area contributed by atoms with E-state index in [0.717, 1.165) is 11.3 Å². The Labute approximate surface area is 160 Å². The lowest BCUT2D eigenvalue weighted by molar-refractivity contribution is -0.117. The molecule has 0 radical (unpaired) electrons. The summed E-state index contributed by atoms with van der Waals surface area (Å²) in [6.07, 6.45) is 0. The number of aryl methyl sites for hydroxylation is 1. The molecule has 2 aromatic carbocycles. The highest BCUT2D eigenvalue weighted by Crippen LogP contribution is 2.29. The van der Waals surface area contributed by atoms with E-state index in [2.05, 4.69) is 4.72 Å². The molecule has 7 nitrogen and oxygen atoms in total. The Kier molecular flexibility index (Phi) is 6.81. The number of rotatable bonds is 8. The number of nitrogens with zero attached hydrogens (tertiary/aromatic N) is 1. The fourth-order valence-corrected chi connectivity index (χ4v) is 3.61. The van der Waals surface area contributed by atoms with Gasteiger partial charge in [-0.05, 0) is 43.7 Å². The van der Waals surface area contributed by atoms with Crippen LogP contribution < -0.4 is 19.1 Å². The number of hydrogen-bond donors (Lipinski definition) is 1. The van der Waals surface area contributed by atoms with Crippen LogP contribution in [0.1, 0.15) is 12.5 Å². The number of likely N-dealkylation sites (N-methyl/N-ethyl adjacent to an activating group) is 1. The molecule has 1 N–H and O–H groups in total. The number of benzene rings is 2. The lowest BCUT2D eigenvalue weighted by atomic mass is 10.2. The van der Waals surface area contributed by atoms with Gasteiger partial charge in [0.25, 0.3) is 0 Å². The van der Waals surface area contributed by atoms with Gasteiger partial charge in [-0.1, -0.05) is 12.1 Å². The third kappa shape index (κ3) is 4.99. The summed E-state index contributed by atoms with van der Waals surface area (Å²) in [5.41, 5.74) is 1.75. The Morgan fingerprint density at radius 2 is 1.78 bits per heavy atom. The Morgan fingerprint density at radius 1 is 1.07 bits per heavy atom. The molecule has 0 spiro atoms. The molecule has 1 amide bonds. The van der Waals surface area contributed by atoms with Gasteiger partial charge in [0.15, 0.2) is 11.5 Å². The molecule has 0 heterocycles. The van der Waals surface area contributed by atoms with E-state index in [1.165, 1.54) is 37.3 Å². The first-order chi connectivity index (χ1) is 12.8. The highest BCUT2D eigenvalue weighted by Gasteiger charge is 2.20. The zero-order chi connectivity index (χ0) is 20.0. The fraction of sp³-hybridized carbons (Fsp3) is 0.316. The third-order valence-electron chi connectivity index (χ3n) is 4.01. The zero-order valence-corrected chi connectivity index (χ0v) is 16.7. The molecule has 0 aliphatic rings. The van der Waals surface area contributed by atoms with Crippen LogP contribution in [0.15, 0.2) is 47.4 Å². The summed E-state index contributed by atoms with van der Waals surface area (Å²) < 4.78 is 37.6. The summed E-state index contributed by atoms with van der Waals surface area (Å²) in [6.45, 7) is 3.85. The van der Waals surface area contributed by atoms with Gasteiger partial charge in [-0.2, -0.15) is 0 Å². The van der Waals surface area contributed by atoms with Crippen molar-refractivity contribution in [3.63, 3.8) is 0 Å². The van der Waals surface area contributed by atoms with Crippen LogP contribution in [0.3, 0.4) is 0 Å². The molecule has 0 aliphatic carbocycles. The summed E-state index contributed by atoms with van der Waals surface area (Å²) in [7, 11) is -0.989. The number of carbonyl (C=O) groups is 1. The first kappa shape index (κ1) is 20.7. The standard InChI is InChI=1S/C19H24N2O5S/c1-5-21(15-8-6-7-14(2)11-15)19(22)13-20-27(23,24)16-9-10-17(25-3)18(12-16)26-4/h6-12,20H,5,13H2,1-4H3. The molecule has 0 atom stereocenters. The highest BCUT2D eigenvalue weighted by molar-refractivity contribution is 7.89. The predicted octanol–water partition coefficient (Wildman–Crippen LogP) is 2.34. The molecular weight excluding hydrogens is 368 g/mol. The molecule has 0 aromatic heterocycles. The minimum absolute atomic E-state index is 0.00782. The summed E-state index contributed by atoms with van der Waals surface area (Å²) in [4.78, 5) is 14.1. The lowest BCUT2D eigenvalue weighted by Crippen LogP contribution is -2.40. The van der Waals surface area contributed by atoms with Gasteiger partial charge in [0.1, 0.15) is 0 Å². The Morgan fingerprint density at radius 3 is 2.37 bits per heavy atom. The van der Waals surface area contributed by atoms with Crippen molar-refractivity contribution in [1.82, 2.24) is 4.72 Å². The van der Waals surface area contributed by atoms with E-state index in [1.54, 1.807) is 0 Å². The highest BCUT2D eigenvalue weighted by atomic mass is 32.2. The molecule has 2 rings (SSSR count). The second kappa shape index (κ2) is 8.88. The van der Waals surface area contributed by atoms with E-state index in [9.17, 15) is 13.2 Å². The van der Waals surface area contributed by atoms with Crippen molar-refractivity contribution in [2.45, 2.75) is 18.7 Å². The number of anilines is 1. The number of sulfonamides is 1. The molecule has 0 aliphatic heterocycles. The van der Waals surface area contributed by atoms with Gasteiger partial charge in [0.05, 0.1) is 25.7 Å². The van der Waals surface area contributed by atoms with Crippen LogP contribution in [0.5, 0.6) is 11.5 Å². The van der Waals surface area contributed by atoms with Crippen molar-refractivity contribution in [3.05, 3.63) is 48.0 Å². The van der Waals surface area contributed by atoms with Gasteiger partial charge in [-0.15, -0.1) is 0 Å². The fourth-order valence-electron chi connectivity index (χ4n) is 2.62. The topological polar surface area (TPSA) is 84.9 Å². The monoisotopic (exact) mass is 392 g/mol. The summed E-state index contributed by atoms with van der Waals surface area (Å²) in [5.74, 6) is 0.373. The zero-order valence-electron chi connectivity index (χ0n) is 15.9. The quantitative estimate of drug-likeness (QED) is 0.745. The molecule has 0 bridgehead atoms. The number of ether oxygens (including phenoxy) is 2. The summed E-state index contributed by atoms with van der Waals surface area (Å²) in [6, 6.07) is 11.7. The SMILES string of the molecule is CCN(C(=O)CNS(=O)(=O)c1ccc(OC)c(OC)c1)c1cccc(C)c1. The molecule has 146 valence electrons. The van der Waals surface area contributed by atoms with E-state index in [-0.39, 0.29) is 17.3 Å². The van der Waals surface area contributed by atoms with Crippen molar-refractivity contribution in [3.8, 4) is 11.5 Å². The number of nitrogens with one attached hydrogen (secondary N) is 1. The first-order valence-electron chi connectivity index (χ1n) is 8.41. The smallest absolute Gasteiger partial charge is 0.242 e. The van der Waals surface area contributed by atoms with Gasteiger partial charge in [-0.3, -0.25) is 4.79 Å². The van der Waals surface area contributed by atoms with Crippen molar-refractivity contribution < 1.29 is 22.7 Å². The van der Waals surface area contributed by atoms with Crippen LogP contribution >= 0.6 is 0 Å². The molecular formula is C19H24N2O5S. The Hall–Kier alpha value is -2.58. The maximum absolute atomic E-state index is 12.5. The second-order valence-corrected chi connectivity index (χ2v) is 7.59. The van der Waals surface area contributed by atoms with Gasteiger partial charge < -0.3 is 14.4 Å². The average molecular weight is 392 g/mol. The average Bonchev–Trinajstić information content (AvgIpc) is 2.66. The summed E-state index contributed by atoms with van der Waals surface area (Å²) >= 11 is 0. The third-order valence-corrected chi connectivity index (χ3v) is 5.41. The first-order valence-corrected chi connectivity index (χ1v) is 9.89. The number of methoxy groups -OCH3 is 2. The van der Waals surface area contributed by atoms with Crippen molar-refractivity contribution in [1.29, 1.82) is 0 Å². The minimum atomic E-state index is -3.88. The van der Waals surface area contributed by atoms with Crippen LogP contribution in [0, 0.1) is 6.92 Å². The lowest BCUT2D eigenvalue weighted by Gasteiger charge is -2.21. The number of carbonyl (C=O) groups excluding carboxylic acids is 1. The van der Waals surface area contributed by atoms with Crippen LogP contribution in [-0.4, -0.2) is 41.6 Å². The van der Waals surface area contributed by atoms with Gasteiger partial charge >= 0.3 is 0 Å². The van der Waals surface area contributed by atoms with Crippen LogP contribution in [0.2, 0.25) is 0 Å². The maximum Gasteiger partial charge on any atom is 0.242 e. The van der Waals surface area contributed by atoms with Gasteiger partial charge in [0, 0.05) is 18.3 Å². The number of hydrogen-bond acceptors (Lipinski definition) is 5. The molecule has 0 saturated heterocycles. The largest absolute Gasteiger partial charge is 0.493 e. The van der Waals surface area contributed by atoms with Crippen LogP contribution in [-0.2, 0) is 14.8 Å². The Bertz CT molecular complexity index is 912. The second-order valence-electron chi connectivity index (χ2n) is 5.82. The van der Waals surface area contributed by atoms with Crippen molar-refractivity contribution >= 4 is 21.6 Å². The molecule has 8 heteroatoms. The van der Waals surface area contributed by atoms with Gasteiger partial charge in [0.2, 0.25) is 15.9 Å². The van der Waals surface area contributed by atoms with E-state index >= 15 is 0 Å². The van der Waals surface area contributed by atoms with E-state index in [1.807, 2.05) is 38.1 Å². The molecule has 0 fully saturated rings. The molecule has 27 heavy (non-hydrogen) atoms. The molecule has 0 saturated carbocycles. The summed E-state index contributed by atoms with van der Waals surface area (Å²) in [5, 5.41) is 0. The van der Waals surface area contributed by atoms with Crippen LogP contribution in [0.4, 0.5) is 5.69 Å². The predicted molar refractivity (Wildman–Crippen MR) is 104 cm³/mol. The normalized spacial score (nSPS) is 11.1.